The van der Waals surface area contributed by atoms with Crippen molar-refractivity contribution in [2.75, 3.05) is 20.3 Å². The molecule has 0 bridgehead atoms. The number of phenolic OH excluding ortho intramolecular Hbond substituents is 1. The molecule has 0 radical (unpaired) electrons. The molecule has 0 amide bonds. The molecule has 1 aliphatic heterocycles. The van der Waals surface area contributed by atoms with E-state index in [1.54, 1.807) is 6.07 Å². The minimum absolute atomic E-state index is 0.00262. The Morgan fingerprint density at radius 3 is 2.58 bits per heavy atom. The number of aromatic hydroxyl groups is 1. The first-order valence-electron chi connectivity index (χ1n) is 14.4. The first kappa shape index (κ1) is 31.0. The molecule has 2 heterocycles. The number of rotatable bonds is 18. The standard InChI is InChI=1S/C32H45N3O5/c1-3-4-5-6-7-10-26(37)20-27(38)12-11-22-16-28(32(39)29(17-22)40-2)31(23-13-15-35-30(33)19-23)24(21-36)18-25-9-8-14-34-25/h8-9,13-14,16-17,19,24,31,34-36,39H,3-7,10-12,15,18,20-21,33H2,1-2H3. The minimum Gasteiger partial charge on any atom is -0.504 e. The normalized spacial score (nSPS) is 14.6. The van der Waals surface area contributed by atoms with Gasteiger partial charge in [-0.25, -0.2) is 0 Å². The first-order valence-corrected chi connectivity index (χ1v) is 14.4. The number of unbranched alkanes of at least 4 members (excludes halogenated alkanes) is 4. The van der Waals surface area contributed by atoms with Crippen molar-refractivity contribution in [3.63, 3.8) is 0 Å². The Kier molecular flexibility index (Phi) is 12.3. The Hall–Kier alpha value is -3.52. The smallest absolute Gasteiger partial charge is 0.161 e. The number of aromatic amines is 1. The summed E-state index contributed by atoms with van der Waals surface area (Å²) in [6, 6.07) is 7.50. The highest BCUT2D eigenvalue weighted by Crippen LogP contribution is 2.44. The zero-order valence-electron chi connectivity index (χ0n) is 23.9. The molecule has 0 fully saturated rings. The number of carbonyl (C=O) groups excluding carboxylic acids is 2. The molecule has 1 aliphatic rings. The zero-order chi connectivity index (χ0) is 28.9. The summed E-state index contributed by atoms with van der Waals surface area (Å²) in [5, 5.41) is 24.8. The van der Waals surface area contributed by atoms with E-state index in [1.165, 1.54) is 13.5 Å². The van der Waals surface area contributed by atoms with Gasteiger partial charge in [-0.05, 0) is 60.6 Å². The number of benzene rings is 1. The second-order valence-corrected chi connectivity index (χ2v) is 10.7. The predicted octanol–water partition coefficient (Wildman–Crippen LogP) is 4.81. The van der Waals surface area contributed by atoms with E-state index in [9.17, 15) is 19.8 Å². The summed E-state index contributed by atoms with van der Waals surface area (Å²) >= 11 is 0. The Morgan fingerprint density at radius 1 is 1.12 bits per heavy atom. The van der Waals surface area contributed by atoms with Crippen LogP contribution in [0.15, 0.2) is 54.0 Å². The summed E-state index contributed by atoms with van der Waals surface area (Å²) < 4.78 is 5.52. The van der Waals surface area contributed by atoms with Crippen LogP contribution in [0.25, 0.3) is 0 Å². The number of aliphatic hydroxyl groups excluding tert-OH is 1. The molecule has 40 heavy (non-hydrogen) atoms. The molecule has 3 rings (SSSR count). The van der Waals surface area contributed by atoms with Crippen LogP contribution in [0, 0.1) is 5.92 Å². The van der Waals surface area contributed by atoms with E-state index in [0.29, 0.717) is 42.9 Å². The van der Waals surface area contributed by atoms with E-state index < -0.39 is 0 Å². The third-order valence-electron chi connectivity index (χ3n) is 7.54. The van der Waals surface area contributed by atoms with Gasteiger partial charge in [-0.2, -0.15) is 0 Å². The van der Waals surface area contributed by atoms with Crippen LogP contribution in [0.1, 0.15) is 81.0 Å². The predicted molar refractivity (Wildman–Crippen MR) is 157 cm³/mol. The Labute approximate surface area is 237 Å². The van der Waals surface area contributed by atoms with Crippen LogP contribution in [0.3, 0.4) is 0 Å². The van der Waals surface area contributed by atoms with E-state index in [2.05, 4.69) is 17.2 Å². The number of aromatic nitrogens is 1. The number of ketones is 2. The highest BCUT2D eigenvalue weighted by molar-refractivity contribution is 5.99. The quantitative estimate of drug-likeness (QED) is 0.132. The second-order valence-electron chi connectivity index (χ2n) is 10.7. The van der Waals surface area contributed by atoms with Crippen LogP contribution in [-0.4, -0.2) is 47.0 Å². The number of carbonyl (C=O) groups is 2. The van der Waals surface area contributed by atoms with Crippen LogP contribution in [0.2, 0.25) is 0 Å². The second kappa shape index (κ2) is 15.9. The lowest BCUT2D eigenvalue weighted by atomic mass is 9.76. The monoisotopic (exact) mass is 551 g/mol. The Bertz CT molecular complexity index is 1170. The van der Waals surface area contributed by atoms with Crippen LogP contribution in [-0.2, 0) is 22.4 Å². The van der Waals surface area contributed by atoms with E-state index >= 15 is 0 Å². The molecule has 218 valence electrons. The van der Waals surface area contributed by atoms with Gasteiger partial charge in [-0.1, -0.05) is 44.7 Å². The van der Waals surface area contributed by atoms with E-state index in [4.69, 9.17) is 10.5 Å². The Morgan fingerprint density at radius 2 is 1.90 bits per heavy atom. The van der Waals surface area contributed by atoms with Crippen molar-refractivity contribution in [1.82, 2.24) is 10.3 Å². The van der Waals surface area contributed by atoms with Gasteiger partial charge in [0.15, 0.2) is 11.5 Å². The van der Waals surface area contributed by atoms with Crippen LogP contribution >= 0.6 is 0 Å². The van der Waals surface area contributed by atoms with Gasteiger partial charge in [-0.3, -0.25) is 9.59 Å². The molecule has 0 saturated carbocycles. The maximum atomic E-state index is 12.6. The highest BCUT2D eigenvalue weighted by Gasteiger charge is 2.31. The van der Waals surface area contributed by atoms with Gasteiger partial charge in [0.05, 0.1) is 19.4 Å². The summed E-state index contributed by atoms with van der Waals surface area (Å²) in [5.74, 6) is 0.0845. The summed E-state index contributed by atoms with van der Waals surface area (Å²) in [6.45, 7) is 2.57. The number of phenols is 1. The summed E-state index contributed by atoms with van der Waals surface area (Å²) in [7, 11) is 1.49. The third kappa shape index (κ3) is 9.01. The van der Waals surface area contributed by atoms with Crippen molar-refractivity contribution in [3.05, 3.63) is 70.8 Å². The number of aryl methyl sites for hydroxylation is 1. The summed E-state index contributed by atoms with van der Waals surface area (Å²) in [6.07, 6.45) is 12.6. The molecule has 2 unspecified atom stereocenters. The lowest BCUT2D eigenvalue weighted by Crippen LogP contribution is -2.28. The minimum atomic E-state index is -0.382. The molecule has 1 aromatic heterocycles. The van der Waals surface area contributed by atoms with Gasteiger partial charge in [-0.15, -0.1) is 0 Å². The lowest BCUT2D eigenvalue weighted by Gasteiger charge is -2.30. The molecule has 2 aromatic rings. The van der Waals surface area contributed by atoms with Crippen molar-refractivity contribution >= 4 is 11.6 Å². The molecule has 0 spiro atoms. The number of H-pyrrole nitrogens is 1. The fourth-order valence-electron chi connectivity index (χ4n) is 5.40. The SMILES string of the molecule is CCCCCCCC(=O)CC(=O)CCc1cc(OC)c(O)c(C(C2=CCNC(N)=C2)C(CO)Cc2ccc[nH]2)c1. The topological polar surface area (TPSA) is 138 Å². The lowest BCUT2D eigenvalue weighted by molar-refractivity contribution is -0.127. The number of methoxy groups -OCH3 is 1. The van der Waals surface area contributed by atoms with Crippen LogP contribution in [0.4, 0.5) is 0 Å². The number of dihydropyridines is 1. The van der Waals surface area contributed by atoms with E-state index in [-0.39, 0.29) is 48.6 Å². The molecule has 8 nitrogen and oxygen atoms in total. The molecule has 0 aliphatic carbocycles. The van der Waals surface area contributed by atoms with Gasteiger partial charge in [0.2, 0.25) is 0 Å². The van der Waals surface area contributed by atoms with Crippen molar-refractivity contribution in [3.8, 4) is 11.5 Å². The van der Waals surface area contributed by atoms with Gasteiger partial charge in [0.1, 0.15) is 11.6 Å². The number of ether oxygens (including phenoxy) is 1. The largest absolute Gasteiger partial charge is 0.504 e. The fourth-order valence-corrected chi connectivity index (χ4v) is 5.40. The number of hydrogen-bond acceptors (Lipinski definition) is 7. The average Bonchev–Trinajstić information content (AvgIpc) is 3.46. The van der Waals surface area contributed by atoms with Crippen molar-refractivity contribution in [2.45, 2.75) is 77.0 Å². The third-order valence-corrected chi connectivity index (χ3v) is 7.54. The number of hydrogen-bond donors (Lipinski definition) is 5. The molecule has 1 aromatic carbocycles. The fraction of sp³-hybridized carbons (Fsp3) is 0.500. The van der Waals surface area contributed by atoms with Crippen molar-refractivity contribution in [1.29, 1.82) is 0 Å². The highest BCUT2D eigenvalue weighted by atomic mass is 16.5. The van der Waals surface area contributed by atoms with Crippen molar-refractivity contribution < 1.29 is 24.5 Å². The molecular formula is C32H45N3O5. The molecule has 8 heteroatoms. The number of nitrogens with one attached hydrogen (secondary N) is 2. The molecule has 0 saturated heterocycles. The number of Topliss-reactive ketones (excluding diaryl/α,β-unsaturated/α-hetero) is 2. The van der Waals surface area contributed by atoms with E-state index in [1.807, 2.05) is 36.5 Å². The number of aliphatic hydroxyl groups is 1. The Balaban J connectivity index is 1.81. The summed E-state index contributed by atoms with van der Waals surface area (Å²) in [4.78, 5) is 28.1. The zero-order valence-corrected chi connectivity index (χ0v) is 23.9. The molecular weight excluding hydrogens is 506 g/mol. The van der Waals surface area contributed by atoms with Crippen molar-refractivity contribution in [2.24, 2.45) is 11.7 Å². The van der Waals surface area contributed by atoms with Crippen LogP contribution in [0.5, 0.6) is 11.5 Å². The van der Waals surface area contributed by atoms with E-state index in [0.717, 1.165) is 42.5 Å². The van der Waals surface area contributed by atoms with Gasteiger partial charge < -0.3 is 31.0 Å². The van der Waals surface area contributed by atoms with Gasteiger partial charge in [0, 0.05) is 49.4 Å². The summed E-state index contributed by atoms with van der Waals surface area (Å²) in [5.41, 5.74) is 9.38. The number of allylic oxidation sites excluding steroid dienone is 2. The molecule has 6 N–H and O–H groups in total. The van der Waals surface area contributed by atoms with Crippen LogP contribution < -0.4 is 15.8 Å². The first-order chi connectivity index (χ1) is 19.4. The number of nitrogens with two attached hydrogens (primary N) is 1. The maximum Gasteiger partial charge on any atom is 0.161 e. The molecule has 2 atom stereocenters. The van der Waals surface area contributed by atoms with Gasteiger partial charge >= 0.3 is 0 Å². The maximum absolute atomic E-state index is 12.6. The average molecular weight is 552 g/mol. The van der Waals surface area contributed by atoms with Gasteiger partial charge in [0.25, 0.3) is 0 Å².